The van der Waals surface area contributed by atoms with Gasteiger partial charge >= 0.3 is 5.97 Å². The van der Waals surface area contributed by atoms with E-state index in [0.29, 0.717) is 0 Å². The summed E-state index contributed by atoms with van der Waals surface area (Å²) in [5.74, 6) is 0.108. The first-order chi connectivity index (χ1) is 12.1. The van der Waals surface area contributed by atoms with Crippen molar-refractivity contribution in [1.29, 1.82) is 0 Å². The van der Waals surface area contributed by atoms with Crippen molar-refractivity contribution in [3.05, 3.63) is 38.9 Å². The topological polar surface area (TPSA) is 69.4 Å². The largest absolute Gasteiger partial charge is 0.469 e. The summed E-state index contributed by atoms with van der Waals surface area (Å²) in [5.41, 5.74) is 2.56. The number of esters is 1. The van der Waals surface area contributed by atoms with Crippen molar-refractivity contribution in [2.75, 3.05) is 7.11 Å². The summed E-state index contributed by atoms with van der Waals surface area (Å²) in [4.78, 5) is 24.0. The molecule has 1 aromatic rings. The Morgan fingerprint density at radius 3 is 2.58 bits per heavy atom. The maximum atomic E-state index is 12.6. The van der Waals surface area contributed by atoms with Crippen LogP contribution in [0.5, 0.6) is 0 Å². The molecule has 3 atom stereocenters. The van der Waals surface area contributed by atoms with Crippen molar-refractivity contribution in [1.82, 2.24) is 0 Å². The molecule has 0 unspecified atom stereocenters. The molecule has 1 saturated carbocycles. The summed E-state index contributed by atoms with van der Waals surface area (Å²) in [6.45, 7) is 8.20. The van der Waals surface area contributed by atoms with Gasteiger partial charge in [0.2, 0.25) is 0 Å². The molecule has 0 bridgehead atoms. The lowest BCUT2D eigenvalue weighted by atomic mass is 9.49. The monoisotopic (exact) mass is 359 g/mol. The van der Waals surface area contributed by atoms with Crippen molar-refractivity contribution in [2.45, 2.75) is 71.1 Å². The van der Waals surface area contributed by atoms with Crippen LogP contribution in [0.15, 0.2) is 12.1 Å². The van der Waals surface area contributed by atoms with Crippen molar-refractivity contribution in [3.8, 4) is 0 Å². The SMILES string of the molecule is COC(=O)[C@]1(C)CCC[C@]2(C)c3cc([N+](=O)[O-])c(C(C)C)cc3CC[C@@H]12. The number of benzene rings is 1. The van der Waals surface area contributed by atoms with E-state index in [2.05, 4.69) is 6.92 Å². The average molecular weight is 359 g/mol. The van der Waals surface area contributed by atoms with Crippen LogP contribution in [-0.2, 0) is 21.4 Å². The first-order valence-electron chi connectivity index (χ1n) is 9.55. The smallest absolute Gasteiger partial charge is 0.311 e. The van der Waals surface area contributed by atoms with Gasteiger partial charge in [0, 0.05) is 11.6 Å². The molecule has 0 saturated heterocycles. The van der Waals surface area contributed by atoms with Crippen LogP contribution >= 0.6 is 0 Å². The van der Waals surface area contributed by atoms with Gasteiger partial charge in [0.25, 0.3) is 5.69 Å². The van der Waals surface area contributed by atoms with Crippen LogP contribution < -0.4 is 0 Å². The molecule has 5 nitrogen and oxygen atoms in total. The molecule has 1 aromatic carbocycles. The summed E-state index contributed by atoms with van der Waals surface area (Å²) in [5, 5.41) is 11.7. The third-order valence-electron chi connectivity index (χ3n) is 6.97. The number of ether oxygens (including phenoxy) is 1. The van der Waals surface area contributed by atoms with Gasteiger partial charge < -0.3 is 4.74 Å². The Hall–Kier alpha value is -1.91. The molecular weight excluding hydrogens is 330 g/mol. The Morgan fingerprint density at radius 1 is 1.31 bits per heavy atom. The molecule has 26 heavy (non-hydrogen) atoms. The van der Waals surface area contributed by atoms with E-state index < -0.39 is 5.41 Å². The molecule has 0 aromatic heterocycles. The fraction of sp³-hybridized carbons (Fsp3) is 0.667. The van der Waals surface area contributed by atoms with Crippen LogP contribution in [0.1, 0.15) is 76.0 Å². The Kier molecular flexibility index (Phi) is 4.62. The molecular formula is C21H29NO4. The molecule has 1 fully saturated rings. The summed E-state index contributed by atoms with van der Waals surface area (Å²) in [6.07, 6.45) is 4.49. The average Bonchev–Trinajstić information content (AvgIpc) is 2.59. The van der Waals surface area contributed by atoms with Gasteiger partial charge in [0.05, 0.1) is 17.4 Å². The van der Waals surface area contributed by atoms with E-state index in [9.17, 15) is 14.9 Å². The van der Waals surface area contributed by atoms with Crippen LogP contribution in [0.2, 0.25) is 0 Å². The molecule has 0 radical (unpaired) electrons. The van der Waals surface area contributed by atoms with Crippen molar-refractivity contribution < 1.29 is 14.5 Å². The van der Waals surface area contributed by atoms with Crippen LogP contribution in [0.3, 0.4) is 0 Å². The van der Waals surface area contributed by atoms with E-state index in [1.807, 2.05) is 26.8 Å². The Labute approximate surface area is 155 Å². The predicted molar refractivity (Wildman–Crippen MR) is 100 cm³/mol. The number of nitrogens with zero attached hydrogens (tertiary/aromatic N) is 1. The number of aryl methyl sites for hydroxylation is 1. The van der Waals surface area contributed by atoms with Crippen molar-refractivity contribution in [3.63, 3.8) is 0 Å². The lowest BCUT2D eigenvalue weighted by Crippen LogP contribution is -2.52. The lowest BCUT2D eigenvalue weighted by molar-refractivity contribution is -0.385. The molecule has 0 aliphatic heterocycles. The van der Waals surface area contributed by atoms with Gasteiger partial charge in [-0.3, -0.25) is 14.9 Å². The highest BCUT2D eigenvalue weighted by atomic mass is 16.6. The number of nitro groups is 1. The second-order valence-corrected chi connectivity index (χ2v) is 8.75. The van der Waals surface area contributed by atoms with Gasteiger partial charge in [0.15, 0.2) is 0 Å². The molecule has 0 N–H and O–H groups in total. The number of rotatable bonds is 3. The third kappa shape index (κ3) is 2.63. The number of fused-ring (bicyclic) bond motifs is 3. The van der Waals surface area contributed by atoms with Crippen molar-refractivity contribution >= 4 is 11.7 Å². The first kappa shape index (κ1) is 18.9. The number of methoxy groups -OCH3 is 1. The maximum Gasteiger partial charge on any atom is 0.311 e. The number of hydrogen-bond donors (Lipinski definition) is 0. The fourth-order valence-corrected chi connectivity index (χ4v) is 5.62. The van der Waals surface area contributed by atoms with E-state index in [-0.39, 0.29) is 33.8 Å². The quantitative estimate of drug-likeness (QED) is 0.437. The number of carbonyl (C=O) groups excluding carboxylic acids is 1. The zero-order valence-electron chi connectivity index (χ0n) is 16.4. The van der Waals surface area contributed by atoms with E-state index in [0.717, 1.165) is 43.2 Å². The van der Waals surface area contributed by atoms with Crippen LogP contribution in [0, 0.1) is 21.4 Å². The second-order valence-electron chi connectivity index (χ2n) is 8.75. The standard InChI is InChI=1S/C21H29NO4/c1-13(2)15-11-14-7-8-18-20(3,16(14)12-17(15)22(24)25)9-6-10-21(18,4)19(23)26-5/h11-13,18H,6-10H2,1-5H3/t18-,20-,21-/m1/s1. The first-order valence-corrected chi connectivity index (χ1v) is 9.55. The van der Waals surface area contributed by atoms with Gasteiger partial charge in [0.1, 0.15) is 0 Å². The highest BCUT2D eigenvalue weighted by molar-refractivity contribution is 5.77. The third-order valence-corrected chi connectivity index (χ3v) is 6.97. The normalized spacial score (nSPS) is 30.5. The van der Waals surface area contributed by atoms with E-state index >= 15 is 0 Å². The molecule has 142 valence electrons. The minimum absolute atomic E-state index is 0.109. The minimum Gasteiger partial charge on any atom is -0.469 e. The Balaban J connectivity index is 2.17. The van der Waals surface area contributed by atoms with Crippen LogP contribution in [-0.4, -0.2) is 18.0 Å². The molecule has 0 amide bonds. The number of carbonyl (C=O) groups is 1. The summed E-state index contributed by atoms with van der Waals surface area (Å²) in [7, 11) is 1.45. The number of hydrogen-bond acceptors (Lipinski definition) is 4. The highest BCUT2D eigenvalue weighted by Crippen LogP contribution is 2.58. The molecule has 2 aliphatic rings. The molecule has 0 heterocycles. The second kappa shape index (κ2) is 6.36. The van der Waals surface area contributed by atoms with E-state index in [1.54, 1.807) is 6.07 Å². The van der Waals surface area contributed by atoms with Crippen LogP contribution in [0.25, 0.3) is 0 Å². The molecule has 2 aliphatic carbocycles. The summed E-state index contributed by atoms with van der Waals surface area (Å²) < 4.78 is 5.14. The molecule has 0 spiro atoms. The summed E-state index contributed by atoms with van der Waals surface area (Å²) in [6, 6.07) is 3.85. The summed E-state index contributed by atoms with van der Waals surface area (Å²) >= 11 is 0. The van der Waals surface area contributed by atoms with Gasteiger partial charge in [-0.25, -0.2) is 0 Å². The Bertz CT molecular complexity index is 757. The van der Waals surface area contributed by atoms with Gasteiger partial charge in [-0.15, -0.1) is 0 Å². The zero-order valence-corrected chi connectivity index (χ0v) is 16.4. The van der Waals surface area contributed by atoms with Gasteiger partial charge in [-0.05, 0) is 67.1 Å². The van der Waals surface area contributed by atoms with E-state index in [4.69, 9.17) is 4.74 Å². The van der Waals surface area contributed by atoms with Crippen molar-refractivity contribution in [2.24, 2.45) is 11.3 Å². The predicted octanol–water partition coefficient (Wildman–Crippen LogP) is 4.90. The number of nitro benzene ring substituents is 1. The lowest BCUT2D eigenvalue weighted by Gasteiger charge is -2.54. The fourth-order valence-electron chi connectivity index (χ4n) is 5.62. The molecule has 5 heteroatoms. The maximum absolute atomic E-state index is 12.6. The van der Waals surface area contributed by atoms with E-state index in [1.165, 1.54) is 12.7 Å². The zero-order chi connectivity index (χ0) is 19.3. The highest BCUT2D eigenvalue weighted by Gasteiger charge is 2.56. The Morgan fingerprint density at radius 2 is 2.00 bits per heavy atom. The minimum atomic E-state index is -0.523. The van der Waals surface area contributed by atoms with Crippen LogP contribution in [0.4, 0.5) is 5.69 Å². The molecule has 3 rings (SSSR count). The van der Waals surface area contributed by atoms with Gasteiger partial charge in [-0.2, -0.15) is 0 Å². The van der Waals surface area contributed by atoms with Gasteiger partial charge in [-0.1, -0.05) is 27.2 Å².